The molecule has 3 aromatic rings. The van der Waals surface area contributed by atoms with Gasteiger partial charge >= 0.3 is 0 Å². The molecule has 0 bridgehead atoms. The highest BCUT2D eigenvalue weighted by Crippen LogP contribution is 2.14. The van der Waals surface area contributed by atoms with Gasteiger partial charge in [0.05, 0.1) is 12.1 Å². The normalized spacial score (nSPS) is 11.3. The zero-order valence-corrected chi connectivity index (χ0v) is 14.6. The van der Waals surface area contributed by atoms with Gasteiger partial charge < -0.3 is 14.5 Å². The van der Waals surface area contributed by atoms with Crippen LogP contribution in [0.25, 0.3) is 10.2 Å². The van der Waals surface area contributed by atoms with Gasteiger partial charge in [0.1, 0.15) is 10.5 Å². The van der Waals surface area contributed by atoms with Crippen molar-refractivity contribution < 1.29 is 0 Å². The fourth-order valence-electron chi connectivity index (χ4n) is 2.53. The Kier molecular flexibility index (Phi) is 4.48. The van der Waals surface area contributed by atoms with Gasteiger partial charge in [-0.3, -0.25) is 9.59 Å². The van der Waals surface area contributed by atoms with Crippen LogP contribution < -0.4 is 16.0 Å². The van der Waals surface area contributed by atoms with Crippen molar-refractivity contribution in [1.29, 1.82) is 0 Å². The van der Waals surface area contributed by atoms with Gasteiger partial charge in [-0.25, -0.2) is 9.97 Å². The second-order valence-electron chi connectivity index (χ2n) is 6.11. The Labute approximate surface area is 142 Å². The van der Waals surface area contributed by atoms with E-state index in [4.69, 9.17) is 0 Å². The van der Waals surface area contributed by atoms with Gasteiger partial charge in [-0.05, 0) is 17.4 Å². The molecule has 8 heteroatoms. The maximum Gasteiger partial charge on any atom is 0.293 e. The molecule has 0 spiro atoms. The van der Waals surface area contributed by atoms with E-state index in [-0.39, 0.29) is 11.1 Å². The zero-order valence-electron chi connectivity index (χ0n) is 13.8. The summed E-state index contributed by atoms with van der Waals surface area (Å²) in [4.78, 5) is 37.7. The number of aromatic nitrogens is 4. The SMILES string of the molecule is CC(C)Cn1ccnc(N(C)Cc2nc3ccsc3c(=O)[nH]2)c1=O. The van der Waals surface area contributed by atoms with Crippen LogP contribution >= 0.6 is 11.3 Å². The topological polar surface area (TPSA) is 83.9 Å². The van der Waals surface area contributed by atoms with Crippen molar-refractivity contribution >= 4 is 27.4 Å². The monoisotopic (exact) mass is 345 g/mol. The molecule has 0 saturated carbocycles. The van der Waals surface area contributed by atoms with E-state index < -0.39 is 0 Å². The molecular formula is C16H19N5O2S. The minimum atomic E-state index is -0.156. The number of fused-ring (bicyclic) bond motifs is 1. The van der Waals surface area contributed by atoms with Crippen LogP contribution in [0.3, 0.4) is 0 Å². The highest BCUT2D eigenvalue weighted by atomic mass is 32.1. The molecule has 0 unspecified atom stereocenters. The maximum absolute atomic E-state index is 12.5. The first-order valence-corrected chi connectivity index (χ1v) is 8.56. The molecule has 0 aliphatic rings. The number of hydrogen-bond acceptors (Lipinski definition) is 6. The molecule has 3 aromatic heterocycles. The van der Waals surface area contributed by atoms with E-state index in [9.17, 15) is 9.59 Å². The molecule has 1 N–H and O–H groups in total. The van der Waals surface area contributed by atoms with Crippen LogP contribution in [0.1, 0.15) is 19.7 Å². The highest BCUT2D eigenvalue weighted by molar-refractivity contribution is 7.17. The summed E-state index contributed by atoms with van der Waals surface area (Å²) in [7, 11) is 1.77. The average molecular weight is 345 g/mol. The first kappa shape index (κ1) is 16.4. The summed E-state index contributed by atoms with van der Waals surface area (Å²) in [6.45, 7) is 5.05. The molecule has 0 atom stereocenters. The molecule has 3 rings (SSSR count). The van der Waals surface area contributed by atoms with Crippen molar-refractivity contribution in [1.82, 2.24) is 19.5 Å². The van der Waals surface area contributed by atoms with Crippen LogP contribution in [0.4, 0.5) is 5.82 Å². The third-order valence-electron chi connectivity index (χ3n) is 3.57. The Hall–Kier alpha value is -2.48. The second kappa shape index (κ2) is 6.56. The first-order valence-electron chi connectivity index (χ1n) is 7.68. The summed E-state index contributed by atoms with van der Waals surface area (Å²) < 4.78 is 2.26. The molecule has 0 saturated heterocycles. The van der Waals surface area contributed by atoms with Crippen molar-refractivity contribution in [3.05, 3.63) is 50.4 Å². The quantitative estimate of drug-likeness (QED) is 0.763. The molecule has 126 valence electrons. The lowest BCUT2D eigenvalue weighted by molar-refractivity contribution is 0.508. The second-order valence-corrected chi connectivity index (χ2v) is 7.02. The van der Waals surface area contributed by atoms with Crippen LogP contribution in [0.2, 0.25) is 0 Å². The van der Waals surface area contributed by atoms with Gasteiger partial charge in [0.25, 0.3) is 11.1 Å². The van der Waals surface area contributed by atoms with Gasteiger partial charge in [0.15, 0.2) is 5.82 Å². The first-order chi connectivity index (χ1) is 11.5. The van der Waals surface area contributed by atoms with Crippen molar-refractivity contribution in [2.75, 3.05) is 11.9 Å². The summed E-state index contributed by atoms with van der Waals surface area (Å²) in [5.74, 6) is 1.21. The molecule has 0 amide bonds. The number of rotatable bonds is 5. The Bertz CT molecular complexity index is 972. The average Bonchev–Trinajstić information content (AvgIpc) is 2.97. The zero-order chi connectivity index (χ0) is 17.3. The number of thiophene rings is 1. The van der Waals surface area contributed by atoms with Crippen molar-refractivity contribution in [2.45, 2.75) is 26.9 Å². The molecule has 0 aliphatic heterocycles. The van der Waals surface area contributed by atoms with Crippen LogP contribution in [0.15, 0.2) is 33.4 Å². The molecular weight excluding hydrogens is 326 g/mol. The van der Waals surface area contributed by atoms with E-state index in [2.05, 4.69) is 28.8 Å². The fourth-order valence-corrected chi connectivity index (χ4v) is 3.26. The van der Waals surface area contributed by atoms with E-state index in [1.54, 1.807) is 28.9 Å². The maximum atomic E-state index is 12.5. The predicted octanol–water partition coefficient (Wildman–Crippen LogP) is 1.83. The highest BCUT2D eigenvalue weighted by Gasteiger charge is 2.13. The Morgan fingerprint density at radius 3 is 2.92 bits per heavy atom. The van der Waals surface area contributed by atoms with Crippen LogP contribution in [0, 0.1) is 5.92 Å². The van der Waals surface area contributed by atoms with Gasteiger partial charge in [-0.2, -0.15) is 0 Å². The molecule has 0 aromatic carbocycles. The molecule has 3 heterocycles. The number of anilines is 1. The number of aromatic amines is 1. The van der Waals surface area contributed by atoms with Crippen molar-refractivity contribution in [3.63, 3.8) is 0 Å². The summed E-state index contributed by atoms with van der Waals surface area (Å²) in [6, 6.07) is 1.81. The van der Waals surface area contributed by atoms with Crippen molar-refractivity contribution in [2.24, 2.45) is 5.92 Å². The largest absolute Gasteiger partial charge is 0.348 e. The number of hydrogen-bond donors (Lipinski definition) is 1. The predicted molar refractivity (Wildman–Crippen MR) is 95.7 cm³/mol. The van der Waals surface area contributed by atoms with Crippen LogP contribution in [-0.4, -0.2) is 26.6 Å². The standard InChI is InChI=1S/C16H19N5O2S/c1-10(2)8-21-6-5-17-14(16(21)23)20(3)9-12-18-11-4-7-24-13(11)15(22)19-12/h4-7,10H,8-9H2,1-3H3,(H,18,19,22). The molecule has 24 heavy (non-hydrogen) atoms. The van der Waals surface area contributed by atoms with Gasteiger partial charge in [-0.1, -0.05) is 13.8 Å². The Morgan fingerprint density at radius 1 is 1.38 bits per heavy atom. The van der Waals surface area contributed by atoms with E-state index in [0.717, 1.165) is 0 Å². The third kappa shape index (κ3) is 3.23. The molecule has 7 nitrogen and oxygen atoms in total. The molecule has 0 fully saturated rings. The van der Waals surface area contributed by atoms with Gasteiger partial charge in [0.2, 0.25) is 0 Å². The minimum absolute atomic E-state index is 0.146. The Morgan fingerprint density at radius 2 is 2.17 bits per heavy atom. The minimum Gasteiger partial charge on any atom is -0.348 e. The molecule has 0 radical (unpaired) electrons. The Balaban J connectivity index is 1.90. The smallest absolute Gasteiger partial charge is 0.293 e. The third-order valence-corrected chi connectivity index (χ3v) is 4.47. The number of H-pyrrole nitrogens is 1. The van der Waals surface area contributed by atoms with Crippen LogP contribution in [0.5, 0.6) is 0 Å². The lowest BCUT2D eigenvalue weighted by atomic mass is 10.2. The lowest BCUT2D eigenvalue weighted by Gasteiger charge is -2.18. The fraction of sp³-hybridized carbons (Fsp3) is 0.375. The van der Waals surface area contributed by atoms with Crippen LogP contribution in [-0.2, 0) is 13.1 Å². The van der Waals surface area contributed by atoms with Crippen molar-refractivity contribution in [3.8, 4) is 0 Å². The van der Waals surface area contributed by atoms with E-state index in [0.29, 0.717) is 40.9 Å². The summed E-state index contributed by atoms with van der Waals surface area (Å²) in [6.07, 6.45) is 3.31. The number of nitrogens with one attached hydrogen (secondary N) is 1. The summed E-state index contributed by atoms with van der Waals surface area (Å²) in [5, 5.41) is 1.84. The van der Waals surface area contributed by atoms with Gasteiger partial charge in [0, 0.05) is 26.0 Å². The van der Waals surface area contributed by atoms with E-state index >= 15 is 0 Å². The van der Waals surface area contributed by atoms with E-state index in [1.165, 1.54) is 11.3 Å². The summed E-state index contributed by atoms with van der Waals surface area (Å²) >= 11 is 1.36. The number of nitrogens with zero attached hydrogens (tertiary/aromatic N) is 4. The van der Waals surface area contributed by atoms with Gasteiger partial charge in [-0.15, -0.1) is 11.3 Å². The lowest BCUT2D eigenvalue weighted by Crippen LogP contribution is -2.32. The summed E-state index contributed by atoms with van der Waals surface area (Å²) in [5.41, 5.74) is 0.370. The van der Waals surface area contributed by atoms with E-state index in [1.807, 2.05) is 11.4 Å². The molecule has 0 aliphatic carbocycles.